The summed E-state index contributed by atoms with van der Waals surface area (Å²) >= 11 is 0. The van der Waals surface area contributed by atoms with E-state index in [9.17, 15) is 0 Å². The molecule has 0 aromatic carbocycles. The van der Waals surface area contributed by atoms with E-state index >= 15 is 0 Å². The summed E-state index contributed by atoms with van der Waals surface area (Å²) in [7, 11) is 0. The van der Waals surface area contributed by atoms with Gasteiger partial charge >= 0.3 is 0 Å². The highest BCUT2D eigenvalue weighted by Gasteiger charge is 2.41. The topological polar surface area (TPSA) is 15.3 Å². The maximum atomic E-state index is 3.59. The predicted molar refractivity (Wildman–Crippen MR) is 69.6 cm³/mol. The lowest BCUT2D eigenvalue weighted by Gasteiger charge is -2.52. The molecular weight excluding hydrogens is 196 g/mol. The van der Waals surface area contributed by atoms with Gasteiger partial charge in [0.15, 0.2) is 0 Å². The van der Waals surface area contributed by atoms with Crippen molar-refractivity contribution in [2.24, 2.45) is 11.8 Å². The SMILES string of the molecule is CCC1(N2CC(C)CNCC(C)C2)CCC1. The van der Waals surface area contributed by atoms with Gasteiger partial charge < -0.3 is 5.32 Å². The van der Waals surface area contributed by atoms with Gasteiger partial charge in [0.2, 0.25) is 0 Å². The quantitative estimate of drug-likeness (QED) is 0.775. The molecule has 2 unspecified atom stereocenters. The van der Waals surface area contributed by atoms with Crippen molar-refractivity contribution in [3.63, 3.8) is 0 Å². The highest BCUT2D eigenvalue weighted by Crippen LogP contribution is 2.41. The van der Waals surface area contributed by atoms with Crippen molar-refractivity contribution >= 4 is 0 Å². The number of nitrogens with zero attached hydrogens (tertiary/aromatic N) is 1. The van der Waals surface area contributed by atoms with Crippen molar-refractivity contribution in [3.8, 4) is 0 Å². The zero-order chi connectivity index (χ0) is 11.6. The molecule has 0 spiro atoms. The lowest BCUT2D eigenvalue weighted by molar-refractivity contribution is -0.0116. The first kappa shape index (κ1) is 12.4. The van der Waals surface area contributed by atoms with Crippen LogP contribution in [0.1, 0.15) is 46.5 Å². The summed E-state index contributed by atoms with van der Waals surface area (Å²) < 4.78 is 0. The first-order valence-corrected chi connectivity index (χ1v) is 7.12. The van der Waals surface area contributed by atoms with Gasteiger partial charge in [-0.05, 0) is 50.6 Å². The Balaban J connectivity index is 2.03. The molecule has 0 bridgehead atoms. The fourth-order valence-electron chi connectivity index (χ4n) is 3.40. The predicted octanol–water partition coefficient (Wildman–Crippen LogP) is 2.50. The molecule has 2 heteroatoms. The standard InChI is InChI=1S/C14H28N2/c1-4-14(6-5-7-14)16-10-12(2)8-15-9-13(3)11-16/h12-13,15H,4-11H2,1-3H3. The molecule has 0 aromatic rings. The van der Waals surface area contributed by atoms with E-state index in [1.54, 1.807) is 0 Å². The van der Waals surface area contributed by atoms with E-state index in [1.807, 2.05) is 0 Å². The minimum atomic E-state index is 0.583. The second-order valence-corrected chi connectivity index (χ2v) is 6.21. The second-order valence-electron chi connectivity index (χ2n) is 6.21. The number of hydrogen-bond donors (Lipinski definition) is 1. The van der Waals surface area contributed by atoms with Crippen molar-refractivity contribution < 1.29 is 0 Å². The van der Waals surface area contributed by atoms with Crippen molar-refractivity contribution in [3.05, 3.63) is 0 Å². The lowest BCUT2D eigenvalue weighted by atomic mass is 9.72. The van der Waals surface area contributed by atoms with Crippen LogP contribution in [-0.2, 0) is 0 Å². The Kier molecular flexibility index (Phi) is 3.91. The molecule has 1 saturated heterocycles. The van der Waals surface area contributed by atoms with Crippen molar-refractivity contribution in [2.45, 2.75) is 52.0 Å². The van der Waals surface area contributed by atoms with Crippen LogP contribution in [0.4, 0.5) is 0 Å². The fraction of sp³-hybridized carbons (Fsp3) is 1.00. The maximum Gasteiger partial charge on any atom is 0.0207 e. The summed E-state index contributed by atoms with van der Waals surface area (Å²) in [5, 5.41) is 3.59. The molecule has 16 heavy (non-hydrogen) atoms. The first-order chi connectivity index (χ1) is 7.66. The van der Waals surface area contributed by atoms with Gasteiger partial charge in [-0.1, -0.05) is 20.8 Å². The minimum Gasteiger partial charge on any atom is -0.316 e. The lowest BCUT2D eigenvalue weighted by Crippen LogP contribution is -2.57. The Morgan fingerprint density at radius 1 is 1.12 bits per heavy atom. The van der Waals surface area contributed by atoms with Gasteiger partial charge in [0, 0.05) is 18.6 Å². The molecule has 2 atom stereocenters. The Morgan fingerprint density at radius 2 is 1.69 bits per heavy atom. The van der Waals surface area contributed by atoms with Gasteiger partial charge in [-0.25, -0.2) is 0 Å². The van der Waals surface area contributed by atoms with Crippen molar-refractivity contribution in [1.29, 1.82) is 0 Å². The molecule has 2 fully saturated rings. The molecular formula is C14H28N2. The minimum absolute atomic E-state index is 0.583. The van der Waals surface area contributed by atoms with Gasteiger partial charge in [-0.2, -0.15) is 0 Å². The molecule has 0 aromatic heterocycles. The second kappa shape index (κ2) is 5.05. The van der Waals surface area contributed by atoms with Crippen LogP contribution < -0.4 is 5.32 Å². The third kappa shape index (κ3) is 2.43. The first-order valence-electron chi connectivity index (χ1n) is 7.12. The van der Waals surface area contributed by atoms with Gasteiger partial charge in [0.25, 0.3) is 0 Å². The molecule has 94 valence electrons. The molecule has 1 aliphatic carbocycles. The van der Waals surface area contributed by atoms with E-state index < -0.39 is 0 Å². The van der Waals surface area contributed by atoms with Gasteiger partial charge in [-0.15, -0.1) is 0 Å². The molecule has 1 heterocycles. The van der Waals surface area contributed by atoms with Gasteiger partial charge in [-0.3, -0.25) is 4.90 Å². The maximum absolute atomic E-state index is 3.59. The molecule has 1 saturated carbocycles. The van der Waals surface area contributed by atoms with Crippen LogP contribution in [-0.4, -0.2) is 36.6 Å². The largest absolute Gasteiger partial charge is 0.316 e. The van der Waals surface area contributed by atoms with Crippen LogP contribution in [0.15, 0.2) is 0 Å². The fourth-order valence-corrected chi connectivity index (χ4v) is 3.40. The number of nitrogens with one attached hydrogen (secondary N) is 1. The summed E-state index contributed by atoms with van der Waals surface area (Å²) in [5.74, 6) is 1.60. The summed E-state index contributed by atoms with van der Waals surface area (Å²) in [6.45, 7) is 12.1. The molecule has 0 amide bonds. The summed E-state index contributed by atoms with van der Waals surface area (Å²) in [6, 6.07) is 0. The molecule has 1 N–H and O–H groups in total. The van der Waals surface area contributed by atoms with Crippen LogP contribution in [0.5, 0.6) is 0 Å². The van der Waals surface area contributed by atoms with Crippen molar-refractivity contribution in [1.82, 2.24) is 10.2 Å². The molecule has 0 radical (unpaired) electrons. The zero-order valence-electron chi connectivity index (χ0n) is 11.3. The Hall–Kier alpha value is -0.0800. The van der Waals surface area contributed by atoms with E-state index in [-0.39, 0.29) is 0 Å². The zero-order valence-corrected chi connectivity index (χ0v) is 11.3. The highest BCUT2D eigenvalue weighted by atomic mass is 15.2. The third-order valence-corrected chi connectivity index (χ3v) is 4.66. The van der Waals surface area contributed by atoms with Crippen LogP contribution in [0.2, 0.25) is 0 Å². The summed E-state index contributed by atoms with van der Waals surface area (Å²) in [5.41, 5.74) is 0.583. The summed E-state index contributed by atoms with van der Waals surface area (Å²) in [6.07, 6.45) is 5.68. The molecule has 1 aliphatic heterocycles. The molecule has 2 nitrogen and oxygen atoms in total. The average molecular weight is 224 g/mol. The van der Waals surface area contributed by atoms with E-state index in [1.165, 1.54) is 51.9 Å². The number of rotatable bonds is 2. The van der Waals surface area contributed by atoms with Crippen LogP contribution >= 0.6 is 0 Å². The molecule has 2 aliphatic rings. The Bertz CT molecular complexity index is 205. The third-order valence-electron chi connectivity index (χ3n) is 4.66. The average Bonchev–Trinajstić information content (AvgIpc) is 2.14. The Labute approximate surface area is 101 Å². The van der Waals surface area contributed by atoms with Gasteiger partial charge in [0.05, 0.1) is 0 Å². The summed E-state index contributed by atoms with van der Waals surface area (Å²) in [4.78, 5) is 2.83. The van der Waals surface area contributed by atoms with Crippen LogP contribution in [0.25, 0.3) is 0 Å². The Morgan fingerprint density at radius 3 is 2.06 bits per heavy atom. The van der Waals surface area contributed by atoms with Crippen LogP contribution in [0, 0.1) is 11.8 Å². The van der Waals surface area contributed by atoms with Crippen molar-refractivity contribution in [2.75, 3.05) is 26.2 Å². The highest BCUT2D eigenvalue weighted by molar-refractivity contribution is 4.98. The van der Waals surface area contributed by atoms with E-state index in [0.29, 0.717) is 5.54 Å². The van der Waals surface area contributed by atoms with E-state index in [0.717, 1.165) is 11.8 Å². The van der Waals surface area contributed by atoms with Crippen LogP contribution in [0.3, 0.4) is 0 Å². The van der Waals surface area contributed by atoms with E-state index in [2.05, 4.69) is 31.0 Å². The monoisotopic (exact) mass is 224 g/mol. The normalized spacial score (nSPS) is 36.2. The smallest absolute Gasteiger partial charge is 0.0207 e. The molecule has 2 rings (SSSR count). The number of hydrogen-bond acceptors (Lipinski definition) is 2. The van der Waals surface area contributed by atoms with E-state index in [4.69, 9.17) is 0 Å². The van der Waals surface area contributed by atoms with Gasteiger partial charge in [0.1, 0.15) is 0 Å².